The minimum absolute atomic E-state index is 0.0357. The molecule has 21 heavy (non-hydrogen) atoms. The van der Waals surface area contributed by atoms with Crippen molar-refractivity contribution in [2.24, 2.45) is 5.92 Å². The fourth-order valence-corrected chi connectivity index (χ4v) is 3.46. The van der Waals surface area contributed by atoms with E-state index in [-0.39, 0.29) is 5.91 Å². The molecule has 1 aliphatic heterocycles. The molecule has 1 aliphatic rings. The van der Waals surface area contributed by atoms with Crippen molar-refractivity contribution >= 4 is 21.8 Å². The normalized spacial score (nSPS) is 17.1. The van der Waals surface area contributed by atoms with Gasteiger partial charge in [-0.2, -0.15) is 0 Å². The molecular weight excluding hydrogens is 330 g/mol. The average Bonchev–Trinajstić information content (AvgIpc) is 2.89. The molecular formula is C16H26BrN3O. The predicted molar refractivity (Wildman–Crippen MR) is 89.6 cm³/mol. The molecule has 2 rings (SSSR count). The highest BCUT2D eigenvalue weighted by atomic mass is 79.9. The molecule has 1 aromatic rings. The molecule has 4 nitrogen and oxygen atoms in total. The molecule has 1 N–H and O–H groups in total. The first-order valence-corrected chi connectivity index (χ1v) is 8.79. The van der Waals surface area contributed by atoms with E-state index in [1.807, 2.05) is 23.8 Å². The maximum absolute atomic E-state index is 12.2. The Hall–Kier alpha value is -0.810. The third-order valence-corrected chi connectivity index (χ3v) is 4.86. The monoisotopic (exact) mass is 355 g/mol. The second-order valence-electron chi connectivity index (χ2n) is 5.75. The molecule has 118 valence electrons. The zero-order chi connectivity index (χ0) is 15.2. The number of amides is 1. The average molecular weight is 356 g/mol. The first kappa shape index (κ1) is 16.6. The maximum atomic E-state index is 12.2. The van der Waals surface area contributed by atoms with Crippen molar-refractivity contribution in [1.82, 2.24) is 14.8 Å². The fourth-order valence-electron chi connectivity index (χ4n) is 3.00. The number of rotatable bonds is 6. The predicted octanol–water partition coefficient (Wildman–Crippen LogP) is 3.12. The Kier molecular flexibility index (Phi) is 6.30. The van der Waals surface area contributed by atoms with E-state index in [1.54, 1.807) is 0 Å². The molecule has 1 aromatic heterocycles. The van der Waals surface area contributed by atoms with Crippen molar-refractivity contribution in [3.05, 3.63) is 22.4 Å². The first-order valence-electron chi connectivity index (χ1n) is 8.00. The molecule has 0 aromatic carbocycles. The van der Waals surface area contributed by atoms with Gasteiger partial charge in [0.05, 0.1) is 0 Å². The van der Waals surface area contributed by atoms with E-state index in [0.29, 0.717) is 0 Å². The van der Waals surface area contributed by atoms with Crippen LogP contribution in [0.25, 0.3) is 0 Å². The minimum atomic E-state index is 0.0357. The third kappa shape index (κ3) is 4.58. The number of nitrogens with one attached hydrogen (secondary N) is 1. The molecule has 0 atom stereocenters. The van der Waals surface area contributed by atoms with Crippen molar-refractivity contribution < 1.29 is 4.79 Å². The van der Waals surface area contributed by atoms with Crippen LogP contribution >= 0.6 is 15.9 Å². The third-order valence-electron chi connectivity index (χ3n) is 4.43. The van der Waals surface area contributed by atoms with Crippen molar-refractivity contribution in [2.75, 3.05) is 26.2 Å². The second-order valence-corrected chi connectivity index (χ2v) is 6.67. The number of hydrogen-bond donors (Lipinski definition) is 1. The molecule has 0 aliphatic carbocycles. The summed E-state index contributed by atoms with van der Waals surface area (Å²) in [5.74, 6) is 0.798. The van der Waals surface area contributed by atoms with Gasteiger partial charge in [0.15, 0.2) is 0 Å². The van der Waals surface area contributed by atoms with Crippen molar-refractivity contribution in [3.63, 3.8) is 0 Å². The molecule has 1 amide bonds. The number of piperidine rings is 1. The highest BCUT2D eigenvalue weighted by molar-refractivity contribution is 9.10. The van der Waals surface area contributed by atoms with Crippen LogP contribution in [0.5, 0.6) is 0 Å². The van der Waals surface area contributed by atoms with Gasteiger partial charge in [0, 0.05) is 23.8 Å². The molecule has 0 radical (unpaired) electrons. The van der Waals surface area contributed by atoms with Gasteiger partial charge in [-0.3, -0.25) is 4.79 Å². The molecule has 0 bridgehead atoms. The zero-order valence-corrected chi connectivity index (χ0v) is 14.7. The molecule has 2 heterocycles. The summed E-state index contributed by atoms with van der Waals surface area (Å²) in [6, 6.07) is 1.89. The summed E-state index contributed by atoms with van der Waals surface area (Å²) in [5, 5.41) is 3.07. The van der Waals surface area contributed by atoms with E-state index in [0.717, 1.165) is 42.1 Å². The van der Waals surface area contributed by atoms with Crippen LogP contribution in [0.15, 0.2) is 16.7 Å². The van der Waals surface area contributed by atoms with Gasteiger partial charge >= 0.3 is 0 Å². The van der Waals surface area contributed by atoms with Crippen LogP contribution in [0, 0.1) is 5.92 Å². The molecule has 0 saturated carbocycles. The Morgan fingerprint density at radius 2 is 2.05 bits per heavy atom. The van der Waals surface area contributed by atoms with Crippen molar-refractivity contribution in [2.45, 2.75) is 39.7 Å². The number of halogens is 1. The lowest BCUT2D eigenvalue weighted by Crippen LogP contribution is -2.35. The highest BCUT2D eigenvalue weighted by Crippen LogP contribution is 2.20. The van der Waals surface area contributed by atoms with Gasteiger partial charge in [0.2, 0.25) is 0 Å². The standard InChI is InChI=1S/C16H26BrN3O/c1-3-19-9-6-13(7-10-19)5-8-18-16(21)15-11-14(17)12-20(15)4-2/h11-13H,3-10H2,1-2H3,(H,18,21). The quantitative estimate of drug-likeness (QED) is 0.850. The number of carbonyl (C=O) groups excluding carboxylic acids is 1. The maximum Gasteiger partial charge on any atom is 0.267 e. The van der Waals surface area contributed by atoms with Gasteiger partial charge in [-0.25, -0.2) is 0 Å². The summed E-state index contributed by atoms with van der Waals surface area (Å²) in [6.45, 7) is 9.44. The van der Waals surface area contributed by atoms with Gasteiger partial charge in [-0.05, 0) is 73.7 Å². The first-order chi connectivity index (χ1) is 10.1. The Morgan fingerprint density at radius 1 is 1.33 bits per heavy atom. The Labute approximate surface area is 136 Å². The summed E-state index contributed by atoms with van der Waals surface area (Å²) >= 11 is 3.43. The second kappa shape index (κ2) is 7.99. The van der Waals surface area contributed by atoms with Crippen LogP contribution in [0.1, 0.15) is 43.6 Å². The van der Waals surface area contributed by atoms with Gasteiger partial charge in [0.25, 0.3) is 5.91 Å². The summed E-state index contributed by atoms with van der Waals surface area (Å²) in [4.78, 5) is 14.7. The van der Waals surface area contributed by atoms with Crippen molar-refractivity contribution in [1.29, 1.82) is 0 Å². The lowest BCUT2D eigenvalue weighted by molar-refractivity contribution is 0.0939. The number of nitrogens with zero attached hydrogens (tertiary/aromatic N) is 2. The lowest BCUT2D eigenvalue weighted by Gasteiger charge is -2.31. The van der Waals surface area contributed by atoms with Crippen LogP contribution in [-0.4, -0.2) is 41.6 Å². The fraction of sp³-hybridized carbons (Fsp3) is 0.688. The number of hydrogen-bond acceptors (Lipinski definition) is 2. The van der Waals surface area contributed by atoms with Gasteiger partial charge in [-0.1, -0.05) is 6.92 Å². The van der Waals surface area contributed by atoms with E-state index in [9.17, 15) is 4.79 Å². The smallest absolute Gasteiger partial charge is 0.267 e. The minimum Gasteiger partial charge on any atom is -0.351 e. The number of aryl methyl sites for hydroxylation is 1. The Balaban J connectivity index is 1.74. The Bertz CT molecular complexity index is 464. The van der Waals surface area contributed by atoms with E-state index in [4.69, 9.17) is 0 Å². The molecule has 0 unspecified atom stereocenters. The molecule has 1 saturated heterocycles. The lowest BCUT2D eigenvalue weighted by atomic mass is 9.93. The van der Waals surface area contributed by atoms with E-state index >= 15 is 0 Å². The van der Waals surface area contributed by atoms with Gasteiger partial charge < -0.3 is 14.8 Å². The summed E-state index contributed by atoms with van der Waals surface area (Å²) < 4.78 is 2.93. The van der Waals surface area contributed by atoms with Crippen LogP contribution in [-0.2, 0) is 6.54 Å². The largest absolute Gasteiger partial charge is 0.351 e. The number of likely N-dealkylation sites (tertiary alicyclic amines) is 1. The van der Waals surface area contributed by atoms with Crippen molar-refractivity contribution in [3.8, 4) is 0 Å². The van der Waals surface area contributed by atoms with Crippen LogP contribution in [0.4, 0.5) is 0 Å². The molecule has 5 heteroatoms. The van der Waals surface area contributed by atoms with E-state index < -0.39 is 0 Å². The summed E-state index contributed by atoms with van der Waals surface area (Å²) in [5.41, 5.74) is 0.741. The van der Waals surface area contributed by atoms with Crippen LogP contribution in [0.2, 0.25) is 0 Å². The molecule has 0 spiro atoms. The summed E-state index contributed by atoms with van der Waals surface area (Å²) in [7, 11) is 0. The SMILES string of the molecule is CCN1CCC(CCNC(=O)c2cc(Br)cn2CC)CC1. The van der Waals surface area contributed by atoms with Crippen LogP contribution < -0.4 is 5.32 Å². The number of carbonyl (C=O) groups is 1. The topological polar surface area (TPSA) is 37.3 Å². The highest BCUT2D eigenvalue weighted by Gasteiger charge is 2.18. The van der Waals surface area contributed by atoms with E-state index in [1.165, 1.54) is 25.9 Å². The summed E-state index contributed by atoms with van der Waals surface area (Å²) in [6.07, 6.45) is 5.58. The zero-order valence-electron chi connectivity index (χ0n) is 13.1. The number of aromatic nitrogens is 1. The van der Waals surface area contributed by atoms with E-state index in [2.05, 4.69) is 33.1 Å². The van der Waals surface area contributed by atoms with Gasteiger partial charge in [-0.15, -0.1) is 0 Å². The van der Waals surface area contributed by atoms with Gasteiger partial charge in [0.1, 0.15) is 5.69 Å². The Morgan fingerprint density at radius 3 is 2.67 bits per heavy atom. The van der Waals surface area contributed by atoms with Crippen LogP contribution in [0.3, 0.4) is 0 Å². The molecule has 1 fully saturated rings.